The Bertz CT molecular complexity index is 1080. The number of fused-ring (bicyclic) bond motifs is 1. The van der Waals surface area contributed by atoms with E-state index in [-0.39, 0.29) is 16.8 Å². The largest absolute Gasteiger partial charge is 0.348 e. The normalized spacial score (nSPS) is 20.0. The van der Waals surface area contributed by atoms with Crippen LogP contribution in [0.3, 0.4) is 0 Å². The molecule has 4 rings (SSSR count). The number of thiazole rings is 1. The van der Waals surface area contributed by atoms with E-state index in [9.17, 15) is 13.2 Å². The van der Waals surface area contributed by atoms with E-state index in [1.54, 1.807) is 24.3 Å². The Labute approximate surface area is 167 Å². The van der Waals surface area contributed by atoms with Crippen LogP contribution in [0.2, 0.25) is 0 Å². The van der Waals surface area contributed by atoms with Crippen LogP contribution in [-0.2, 0) is 14.6 Å². The summed E-state index contributed by atoms with van der Waals surface area (Å²) in [5.74, 6) is 0.535. The van der Waals surface area contributed by atoms with Gasteiger partial charge in [0, 0.05) is 31.0 Å². The second kappa shape index (κ2) is 7.61. The summed E-state index contributed by atoms with van der Waals surface area (Å²) in [6.45, 7) is 2.27. The molecule has 0 saturated carbocycles. The number of amidine groups is 1. The number of dihydropyridines is 1. The fourth-order valence-electron chi connectivity index (χ4n) is 3.19. The molecule has 1 amide bonds. The van der Waals surface area contributed by atoms with Crippen molar-refractivity contribution in [3.63, 3.8) is 0 Å². The minimum Gasteiger partial charge on any atom is -0.348 e. The lowest BCUT2D eigenvalue weighted by atomic mass is 10.1. The van der Waals surface area contributed by atoms with Gasteiger partial charge in [-0.25, -0.2) is 13.4 Å². The van der Waals surface area contributed by atoms with E-state index in [1.807, 2.05) is 0 Å². The average Bonchev–Trinajstić information content (AvgIpc) is 3.29. The van der Waals surface area contributed by atoms with Crippen molar-refractivity contribution in [3.8, 4) is 0 Å². The smallest absolute Gasteiger partial charge is 0.247 e. The number of nitrogens with zero attached hydrogens (tertiary/aromatic N) is 2. The maximum absolute atomic E-state index is 12.5. The van der Waals surface area contributed by atoms with Gasteiger partial charge in [-0.2, -0.15) is 0 Å². The number of sulfone groups is 1. The van der Waals surface area contributed by atoms with Crippen molar-refractivity contribution < 1.29 is 13.2 Å². The number of amides is 1. The summed E-state index contributed by atoms with van der Waals surface area (Å²) >= 11 is 1.35. The van der Waals surface area contributed by atoms with Gasteiger partial charge < -0.3 is 16.0 Å². The molecule has 10 heteroatoms. The van der Waals surface area contributed by atoms with Crippen LogP contribution in [0.15, 0.2) is 39.7 Å². The first-order valence-corrected chi connectivity index (χ1v) is 11.7. The summed E-state index contributed by atoms with van der Waals surface area (Å²) in [6.07, 6.45) is 4.49. The van der Waals surface area contributed by atoms with Gasteiger partial charge in [0.05, 0.1) is 15.1 Å². The van der Waals surface area contributed by atoms with Crippen LogP contribution in [0.5, 0.6) is 0 Å². The Hall–Kier alpha value is -2.30. The number of nitrogens with one attached hydrogen (secondary N) is 3. The maximum atomic E-state index is 12.5. The zero-order chi connectivity index (χ0) is 19.7. The summed E-state index contributed by atoms with van der Waals surface area (Å²) in [5, 5.41) is 10.0. The first-order valence-electron chi connectivity index (χ1n) is 9.03. The predicted octanol–water partition coefficient (Wildman–Crippen LogP) is 1.32. The predicted molar refractivity (Wildman–Crippen MR) is 111 cm³/mol. The van der Waals surface area contributed by atoms with Gasteiger partial charge in [0.1, 0.15) is 5.84 Å². The second-order valence-electron chi connectivity index (χ2n) is 6.90. The lowest BCUT2D eigenvalue weighted by Gasteiger charge is -2.16. The molecule has 0 unspecified atom stereocenters. The van der Waals surface area contributed by atoms with Crippen LogP contribution in [0.1, 0.15) is 12.8 Å². The van der Waals surface area contributed by atoms with Gasteiger partial charge in [-0.1, -0.05) is 11.3 Å². The number of rotatable bonds is 4. The summed E-state index contributed by atoms with van der Waals surface area (Å²) in [6, 6.07) is 5.05. The third kappa shape index (κ3) is 4.23. The number of hydrogen-bond acceptors (Lipinski definition) is 8. The molecular weight excluding hydrogens is 398 g/mol. The Kier molecular flexibility index (Phi) is 5.17. The van der Waals surface area contributed by atoms with Gasteiger partial charge in [-0.05, 0) is 43.7 Å². The van der Waals surface area contributed by atoms with Gasteiger partial charge >= 0.3 is 0 Å². The lowest BCUT2D eigenvalue weighted by Crippen LogP contribution is -2.38. The minimum absolute atomic E-state index is 0.0509. The molecule has 1 saturated heterocycles. The maximum Gasteiger partial charge on any atom is 0.247 e. The second-order valence-corrected chi connectivity index (χ2v) is 9.94. The molecule has 148 valence electrons. The number of carbonyl (C=O) groups is 1. The molecular formula is C18H21N5O3S2. The minimum atomic E-state index is -3.26. The number of carbonyl (C=O) groups excluding carboxylic acids is 1. The SMILES string of the molecule is CS(=O)(=O)c1ccc2nc(NC3=NCCC(C(=O)N[C@H]4CCNC4)=C3)sc2c1. The summed E-state index contributed by atoms with van der Waals surface area (Å²) < 4.78 is 24.2. The van der Waals surface area contributed by atoms with Crippen molar-refractivity contribution >= 4 is 48.3 Å². The molecule has 3 heterocycles. The van der Waals surface area contributed by atoms with Crippen LogP contribution in [-0.4, -0.2) is 57.1 Å². The van der Waals surface area contributed by atoms with Gasteiger partial charge in [0.2, 0.25) is 5.91 Å². The first kappa shape index (κ1) is 19.0. The van der Waals surface area contributed by atoms with Gasteiger partial charge in [-0.3, -0.25) is 9.79 Å². The lowest BCUT2D eigenvalue weighted by molar-refractivity contribution is -0.118. The third-order valence-electron chi connectivity index (χ3n) is 4.68. The molecule has 0 bridgehead atoms. The Morgan fingerprint density at radius 3 is 2.96 bits per heavy atom. The highest BCUT2D eigenvalue weighted by Gasteiger charge is 2.21. The molecule has 0 aliphatic carbocycles. The molecule has 1 fully saturated rings. The van der Waals surface area contributed by atoms with Crippen molar-refractivity contribution in [1.29, 1.82) is 0 Å². The summed E-state index contributed by atoms with van der Waals surface area (Å²) in [4.78, 5) is 21.6. The molecule has 1 aromatic heterocycles. The zero-order valence-corrected chi connectivity index (χ0v) is 17.0. The molecule has 2 aromatic rings. The van der Waals surface area contributed by atoms with Crippen LogP contribution < -0.4 is 16.0 Å². The van der Waals surface area contributed by atoms with E-state index in [2.05, 4.69) is 25.9 Å². The van der Waals surface area contributed by atoms with Crippen LogP contribution >= 0.6 is 11.3 Å². The number of aromatic nitrogens is 1. The Morgan fingerprint density at radius 2 is 2.21 bits per heavy atom. The van der Waals surface area contributed by atoms with E-state index >= 15 is 0 Å². The third-order valence-corrected chi connectivity index (χ3v) is 6.73. The molecule has 2 aliphatic heterocycles. The standard InChI is InChI=1S/C18H21N5O3S2/c1-28(25,26)13-2-3-14-15(9-13)27-18(22-14)23-16-8-11(4-7-20-16)17(24)21-12-5-6-19-10-12/h2-3,8-9,12,19H,4-7,10H2,1H3,(H,21,24)(H,20,22,23)/t12-/m0/s1. The zero-order valence-electron chi connectivity index (χ0n) is 15.4. The van der Waals surface area contributed by atoms with Gasteiger partial charge in [-0.15, -0.1) is 0 Å². The van der Waals surface area contributed by atoms with E-state index in [0.717, 1.165) is 24.2 Å². The molecule has 2 aliphatic rings. The Morgan fingerprint density at radius 1 is 1.36 bits per heavy atom. The van der Waals surface area contributed by atoms with Gasteiger partial charge in [0.25, 0.3) is 0 Å². The van der Waals surface area contributed by atoms with Gasteiger partial charge in [0.15, 0.2) is 15.0 Å². The van der Waals surface area contributed by atoms with Crippen molar-refractivity contribution in [2.24, 2.45) is 4.99 Å². The molecule has 28 heavy (non-hydrogen) atoms. The summed E-state index contributed by atoms with van der Waals surface area (Å²) in [5.41, 5.74) is 1.41. The highest BCUT2D eigenvalue weighted by atomic mass is 32.2. The number of anilines is 1. The topological polar surface area (TPSA) is 113 Å². The molecule has 1 aromatic carbocycles. The molecule has 3 N–H and O–H groups in total. The number of hydrogen-bond donors (Lipinski definition) is 3. The molecule has 8 nitrogen and oxygen atoms in total. The van der Waals surface area contributed by atoms with E-state index in [4.69, 9.17) is 0 Å². The highest BCUT2D eigenvalue weighted by molar-refractivity contribution is 7.90. The highest BCUT2D eigenvalue weighted by Crippen LogP contribution is 2.28. The number of benzene rings is 1. The fraction of sp³-hybridized carbons (Fsp3) is 0.389. The van der Waals surface area contributed by atoms with E-state index < -0.39 is 9.84 Å². The summed E-state index contributed by atoms with van der Waals surface area (Å²) in [7, 11) is -3.26. The first-order chi connectivity index (χ1) is 13.4. The van der Waals surface area contributed by atoms with Crippen molar-refractivity contribution in [3.05, 3.63) is 29.8 Å². The van der Waals surface area contributed by atoms with Crippen LogP contribution in [0, 0.1) is 0 Å². The average molecular weight is 420 g/mol. The molecule has 1 atom stereocenters. The monoisotopic (exact) mass is 419 g/mol. The molecule has 0 radical (unpaired) electrons. The van der Waals surface area contributed by atoms with Crippen LogP contribution in [0.4, 0.5) is 5.13 Å². The van der Waals surface area contributed by atoms with Crippen molar-refractivity contribution in [2.75, 3.05) is 31.2 Å². The van der Waals surface area contributed by atoms with Crippen molar-refractivity contribution in [2.45, 2.75) is 23.8 Å². The number of aliphatic imine (C=N–C) groups is 1. The van der Waals surface area contributed by atoms with E-state index in [1.165, 1.54) is 17.6 Å². The quantitative estimate of drug-likeness (QED) is 0.689. The fourth-order valence-corrected chi connectivity index (χ4v) is 4.82. The molecule has 0 spiro atoms. The Balaban J connectivity index is 1.49. The van der Waals surface area contributed by atoms with E-state index in [0.29, 0.717) is 35.0 Å². The van der Waals surface area contributed by atoms with Crippen molar-refractivity contribution in [1.82, 2.24) is 15.6 Å². The van der Waals surface area contributed by atoms with Crippen LogP contribution in [0.25, 0.3) is 10.2 Å².